The second kappa shape index (κ2) is 8.65. The van der Waals surface area contributed by atoms with Crippen molar-refractivity contribution in [1.29, 1.82) is 0 Å². The predicted molar refractivity (Wildman–Crippen MR) is 179 cm³/mol. The van der Waals surface area contributed by atoms with Gasteiger partial charge in [-0.05, 0) is 101 Å². The molecule has 0 nitrogen and oxygen atoms in total. The highest BCUT2D eigenvalue weighted by molar-refractivity contribution is 6.20. The molecule has 1 atom stereocenters. The molecule has 1 unspecified atom stereocenters. The van der Waals surface area contributed by atoms with Crippen LogP contribution < -0.4 is 0 Å². The van der Waals surface area contributed by atoms with Crippen molar-refractivity contribution in [3.8, 4) is 22.3 Å². The molecule has 0 heterocycles. The summed E-state index contributed by atoms with van der Waals surface area (Å²) < 4.78 is 226. The van der Waals surface area contributed by atoms with Gasteiger partial charge in [0.25, 0.3) is 0 Å². The van der Waals surface area contributed by atoms with Crippen LogP contribution in [0.3, 0.4) is 0 Å². The summed E-state index contributed by atoms with van der Waals surface area (Å²) >= 11 is 0. The summed E-state index contributed by atoms with van der Waals surface area (Å²) in [5.41, 5.74) is -6.34. The van der Waals surface area contributed by atoms with Gasteiger partial charge in [0, 0.05) is 5.41 Å². The Balaban J connectivity index is 1.66. The molecule has 0 heteroatoms. The number of benzene rings is 8. The van der Waals surface area contributed by atoms with Gasteiger partial charge in [-0.25, -0.2) is 0 Å². The van der Waals surface area contributed by atoms with Crippen LogP contribution in [0, 0.1) is 0 Å². The summed E-state index contributed by atoms with van der Waals surface area (Å²) in [4.78, 5) is 0. The maximum atomic E-state index is 10.2. The van der Waals surface area contributed by atoms with Crippen LogP contribution in [0.5, 0.6) is 0 Å². The fraction of sp³-hybridized carbons (Fsp3) is 0.0476. The summed E-state index contributed by atoms with van der Waals surface area (Å²) in [7, 11) is 0. The molecule has 0 radical (unpaired) electrons. The first-order valence-electron chi connectivity index (χ1n) is 25.2. The molecule has 0 amide bonds. The van der Waals surface area contributed by atoms with Gasteiger partial charge in [-0.2, -0.15) is 0 Å². The third kappa shape index (κ3) is 3.12. The van der Waals surface area contributed by atoms with Crippen LogP contribution in [-0.4, -0.2) is 0 Å². The molecule has 0 bridgehead atoms. The predicted octanol–water partition coefficient (Wildman–Crippen LogP) is 11.3. The van der Waals surface area contributed by atoms with Gasteiger partial charge in [0.05, 0.1) is 34.3 Å². The first kappa shape index (κ1) is 9.68. The normalized spacial score (nSPS) is 24.2. The monoisotopic (exact) mass is 557 g/mol. The summed E-state index contributed by atoms with van der Waals surface area (Å²) in [6, 6.07) is -21.2. The Bertz CT molecular complexity index is 3730. The SMILES string of the molecule is [2H]c1c([2H])c([2H])c(C2(C)c3c([2H])c(-c4c5c([2H])c([2H])c([2H])c([2H])c5c([2H])c5c4c([2H])c([2H])c4c([2H])c([2H])c([2H])c([2H])c45)c([2H])c([2H])c3-c3c2c([2H])c([2H])c2c([2H])c([2H])c([2H])c([2H])c32)c([2H])c1[2H]. The zero-order chi connectivity index (χ0) is 49.6. The van der Waals surface area contributed by atoms with Crippen LogP contribution in [0.4, 0.5) is 0 Å². The lowest BCUT2D eigenvalue weighted by molar-refractivity contribution is 0.715. The Morgan fingerprint density at radius 1 is 0.429 bits per heavy atom. The average Bonchev–Trinajstić information content (AvgIpc) is 3.56. The minimum absolute atomic E-state index is 0.402. The van der Waals surface area contributed by atoms with E-state index in [1.54, 1.807) is 0 Å². The second-order valence-corrected chi connectivity index (χ2v) is 9.88. The van der Waals surface area contributed by atoms with Crippen molar-refractivity contribution >= 4 is 43.1 Å². The molecule has 0 saturated carbocycles. The minimum atomic E-state index is -2.44. The molecule has 0 fully saturated rings. The molecular formula is C42H28. The molecule has 1 aliphatic carbocycles. The number of rotatable bonds is 2. The second-order valence-electron chi connectivity index (χ2n) is 9.88. The summed E-state index contributed by atoms with van der Waals surface area (Å²) in [5.74, 6) is 0. The van der Waals surface area contributed by atoms with E-state index in [0.717, 1.165) is 0 Å². The molecule has 0 spiro atoms. The number of fused-ring (bicyclic) bond motifs is 9. The smallest absolute Gasteiger partial charge is 0.0622 e. The Labute approximate surface area is 280 Å². The van der Waals surface area contributed by atoms with E-state index >= 15 is 0 Å². The molecule has 0 aliphatic heterocycles. The quantitative estimate of drug-likeness (QED) is 0.146. The van der Waals surface area contributed by atoms with Gasteiger partial charge in [0.15, 0.2) is 0 Å². The number of hydrogen-bond acceptors (Lipinski definition) is 0. The molecule has 0 aromatic heterocycles. The Kier molecular flexibility index (Phi) is 1.99. The molecule has 0 N–H and O–H groups in total. The van der Waals surface area contributed by atoms with Crippen molar-refractivity contribution in [3.05, 3.63) is 168 Å². The highest BCUT2D eigenvalue weighted by Gasteiger charge is 2.41. The van der Waals surface area contributed by atoms with Crippen LogP contribution in [0.1, 0.15) is 57.9 Å². The van der Waals surface area contributed by atoms with Crippen LogP contribution in [-0.2, 0) is 5.41 Å². The van der Waals surface area contributed by atoms with Crippen LogP contribution in [0.15, 0.2) is 151 Å². The van der Waals surface area contributed by atoms with E-state index in [4.69, 9.17) is 21.9 Å². The van der Waals surface area contributed by atoms with Gasteiger partial charge in [0.2, 0.25) is 0 Å². The minimum Gasteiger partial charge on any atom is -0.0622 e. The van der Waals surface area contributed by atoms with Crippen molar-refractivity contribution in [2.75, 3.05) is 0 Å². The third-order valence-corrected chi connectivity index (χ3v) is 7.75. The van der Waals surface area contributed by atoms with Crippen molar-refractivity contribution in [1.82, 2.24) is 0 Å². The molecular weight excluding hydrogens is 504 g/mol. The molecule has 9 rings (SSSR count). The molecule has 0 saturated heterocycles. The Morgan fingerprint density at radius 2 is 1.05 bits per heavy atom. The van der Waals surface area contributed by atoms with E-state index in [0.29, 0.717) is 0 Å². The van der Waals surface area contributed by atoms with E-state index in [1.165, 1.54) is 6.92 Å². The topological polar surface area (TPSA) is 0 Å². The fourth-order valence-corrected chi connectivity index (χ4v) is 5.81. The van der Waals surface area contributed by atoms with E-state index in [9.17, 15) is 12.3 Å². The summed E-state index contributed by atoms with van der Waals surface area (Å²) in [5, 5.41) is -4.42. The zero-order valence-corrected chi connectivity index (χ0v) is 21.5. The van der Waals surface area contributed by atoms with Gasteiger partial charge in [0.1, 0.15) is 0 Å². The van der Waals surface area contributed by atoms with E-state index in [2.05, 4.69) is 0 Å². The maximum absolute atomic E-state index is 10.2. The van der Waals surface area contributed by atoms with Gasteiger partial charge >= 0.3 is 0 Å². The molecule has 8 aromatic rings. The lowest BCUT2D eigenvalue weighted by Gasteiger charge is -2.29. The van der Waals surface area contributed by atoms with Gasteiger partial charge in [-0.1, -0.05) is 139 Å². The van der Waals surface area contributed by atoms with Crippen molar-refractivity contribution in [3.63, 3.8) is 0 Å². The largest absolute Gasteiger partial charge is 0.0636 e. The Hall–Kier alpha value is -5.20. The number of hydrogen-bond donors (Lipinski definition) is 0. The average molecular weight is 558 g/mol. The van der Waals surface area contributed by atoms with Gasteiger partial charge in [-0.15, -0.1) is 0 Å². The third-order valence-electron chi connectivity index (χ3n) is 7.75. The molecule has 196 valence electrons. The van der Waals surface area contributed by atoms with Crippen LogP contribution in [0.2, 0.25) is 0 Å². The lowest BCUT2D eigenvalue weighted by atomic mass is 9.73. The highest BCUT2D eigenvalue weighted by atomic mass is 14.4. The van der Waals surface area contributed by atoms with Gasteiger partial charge < -0.3 is 0 Å². The lowest BCUT2D eigenvalue weighted by Crippen LogP contribution is -2.22. The van der Waals surface area contributed by atoms with Crippen molar-refractivity contribution < 1.29 is 34.3 Å². The fourth-order valence-electron chi connectivity index (χ4n) is 5.81. The van der Waals surface area contributed by atoms with Gasteiger partial charge in [-0.3, -0.25) is 0 Å². The maximum Gasteiger partial charge on any atom is 0.0636 e. The summed E-state index contributed by atoms with van der Waals surface area (Å²) in [6.07, 6.45) is 0. The van der Waals surface area contributed by atoms with Crippen LogP contribution in [0.25, 0.3) is 65.3 Å². The first-order valence-corrected chi connectivity index (χ1v) is 12.8. The van der Waals surface area contributed by atoms with E-state index < -0.39 is 239 Å². The van der Waals surface area contributed by atoms with E-state index in [1.807, 2.05) is 0 Å². The van der Waals surface area contributed by atoms with E-state index in [-0.39, 0.29) is 0 Å². The van der Waals surface area contributed by atoms with Crippen molar-refractivity contribution in [2.24, 2.45) is 0 Å². The molecule has 8 aromatic carbocycles. The Morgan fingerprint density at radius 3 is 1.83 bits per heavy atom. The standard InChI is InChI=1S/C42H28/c1-42(31-14-3-2-4-15-31)38-24-21-28-12-6-9-17-33(28)41(38)36-23-20-30(26-39(36)42)40-34-18-10-7-13-29(34)25-37-32-16-8-5-11-27(32)19-22-35(37)40/h2-26H,1H3/i2D,3D,4D,5D,6D,7D,8D,9D,10D,11D,12D,13D,14D,15D,16D,17D,18D,19D,20D,21D,22D,23D,24D,25D,26D. The summed E-state index contributed by atoms with van der Waals surface area (Å²) in [6.45, 7) is 1.21. The molecule has 42 heavy (non-hydrogen) atoms. The zero-order valence-electron chi connectivity index (χ0n) is 46.5. The molecule has 1 aliphatic rings. The highest BCUT2D eigenvalue weighted by Crippen LogP contribution is 2.55. The van der Waals surface area contributed by atoms with Crippen molar-refractivity contribution in [2.45, 2.75) is 12.3 Å². The van der Waals surface area contributed by atoms with Crippen LogP contribution >= 0.6 is 0 Å². The first-order chi connectivity index (χ1) is 31.1.